The first kappa shape index (κ1) is 34.2. The minimum absolute atomic E-state index is 0. The fourth-order valence-electron chi connectivity index (χ4n) is 6.14. The zero-order valence-electron chi connectivity index (χ0n) is 28.3. The molecule has 6 aromatic carbocycles. The molecule has 0 aliphatic carbocycles. The van der Waals surface area contributed by atoms with Crippen molar-refractivity contribution in [2.24, 2.45) is 14.1 Å². The fraction of sp³-hybridized carbons (Fsp3) is 0.0465. The summed E-state index contributed by atoms with van der Waals surface area (Å²) in [6.07, 6.45) is 17.8. The molecule has 10 rings (SSSR count). The predicted octanol–water partition coefficient (Wildman–Crippen LogP) is 6.91. The van der Waals surface area contributed by atoms with Crippen LogP contribution >= 0.6 is 0 Å². The molecule has 0 saturated carbocycles. The summed E-state index contributed by atoms with van der Waals surface area (Å²) in [5.74, 6) is 0. The molecular weight excluding hydrogens is 821 g/mol. The molecular formula is C43H31IrN8-3. The van der Waals surface area contributed by atoms with Crippen molar-refractivity contribution in [2.45, 2.75) is 0 Å². The Morgan fingerprint density at radius 1 is 0.558 bits per heavy atom. The standard InChI is InChI=1S/2C18H13N2.C7H5N4.Ir/c2*1-19-10-11-20(13-19)18-12-14-6-2-3-7-15(14)16-8-4-5-9-17(16)18;1-2-4-8-6(3-1)7-5-9-11-10-7;/h2*2-11H,1H3;1-5H;/q3*-1;. The van der Waals surface area contributed by atoms with Crippen LogP contribution in [0.15, 0.2) is 152 Å². The van der Waals surface area contributed by atoms with Gasteiger partial charge in [0.25, 0.3) is 0 Å². The number of aromatic nitrogens is 8. The van der Waals surface area contributed by atoms with Crippen molar-refractivity contribution in [3.8, 4) is 22.8 Å². The van der Waals surface area contributed by atoms with E-state index in [0.29, 0.717) is 5.69 Å². The van der Waals surface area contributed by atoms with Crippen molar-refractivity contribution >= 4 is 43.1 Å². The number of nitrogens with zero attached hydrogens (tertiary/aromatic N) is 8. The van der Waals surface area contributed by atoms with Crippen molar-refractivity contribution in [3.63, 3.8) is 0 Å². The Balaban J connectivity index is 0.000000125. The maximum Gasteiger partial charge on any atom is 0.241 e. The third-order valence-electron chi connectivity index (χ3n) is 8.51. The van der Waals surface area contributed by atoms with Crippen LogP contribution in [0.1, 0.15) is 0 Å². The summed E-state index contributed by atoms with van der Waals surface area (Å²) in [6.45, 7) is 0. The van der Waals surface area contributed by atoms with Gasteiger partial charge >= 0.3 is 0 Å². The first-order valence-electron chi connectivity index (χ1n) is 16.4. The van der Waals surface area contributed by atoms with Crippen LogP contribution in [0.4, 0.5) is 0 Å². The summed E-state index contributed by atoms with van der Waals surface area (Å²) >= 11 is 0. The largest absolute Gasteiger partial charge is 0.358 e. The molecule has 0 fully saturated rings. The first-order chi connectivity index (χ1) is 25.1. The van der Waals surface area contributed by atoms with Crippen LogP contribution in [0.25, 0.3) is 65.9 Å². The number of hydrogen-bond donors (Lipinski definition) is 0. The molecule has 0 saturated heterocycles. The summed E-state index contributed by atoms with van der Waals surface area (Å²) in [7, 11) is 3.94. The smallest absolute Gasteiger partial charge is 0.241 e. The molecule has 0 unspecified atom stereocenters. The van der Waals surface area contributed by atoms with Gasteiger partial charge < -0.3 is 28.5 Å². The Hall–Kier alpha value is -6.28. The van der Waals surface area contributed by atoms with Crippen molar-refractivity contribution in [2.75, 3.05) is 0 Å². The Morgan fingerprint density at radius 3 is 1.44 bits per heavy atom. The molecule has 4 aromatic heterocycles. The number of benzene rings is 6. The Labute approximate surface area is 314 Å². The van der Waals surface area contributed by atoms with Crippen molar-refractivity contribution < 1.29 is 29.2 Å². The molecule has 52 heavy (non-hydrogen) atoms. The number of fused-ring (bicyclic) bond motifs is 6. The van der Waals surface area contributed by atoms with E-state index < -0.39 is 0 Å². The van der Waals surface area contributed by atoms with Gasteiger partial charge in [0, 0.05) is 51.1 Å². The molecule has 0 bridgehead atoms. The van der Waals surface area contributed by atoms with E-state index in [2.05, 4.69) is 142 Å². The van der Waals surface area contributed by atoms with Gasteiger partial charge in [-0.1, -0.05) is 94.5 Å². The summed E-state index contributed by atoms with van der Waals surface area (Å²) < 4.78 is 7.82. The van der Waals surface area contributed by atoms with Crippen LogP contribution < -0.4 is 14.2 Å². The molecule has 0 amide bonds. The van der Waals surface area contributed by atoms with E-state index in [1.165, 1.54) is 32.3 Å². The van der Waals surface area contributed by atoms with Crippen LogP contribution in [0.3, 0.4) is 0 Å². The molecule has 4 heterocycles. The maximum atomic E-state index is 4.08. The van der Waals surface area contributed by atoms with Gasteiger partial charge in [-0.15, -0.1) is 70.1 Å². The van der Waals surface area contributed by atoms with Gasteiger partial charge in [0.15, 0.2) is 0 Å². The summed E-state index contributed by atoms with van der Waals surface area (Å²) in [5.41, 5.74) is 3.60. The molecule has 0 N–H and O–H groups in total. The van der Waals surface area contributed by atoms with Gasteiger partial charge in [-0.25, -0.2) is 0 Å². The van der Waals surface area contributed by atoms with Gasteiger partial charge in [0.2, 0.25) is 12.7 Å². The predicted molar refractivity (Wildman–Crippen MR) is 198 cm³/mol. The van der Waals surface area contributed by atoms with E-state index in [0.717, 1.165) is 27.8 Å². The Kier molecular flexibility index (Phi) is 10.1. The molecule has 0 atom stereocenters. The van der Waals surface area contributed by atoms with Crippen molar-refractivity contribution in [1.82, 2.24) is 29.5 Å². The number of aryl methyl sites for hydroxylation is 2. The second kappa shape index (κ2) is 15.3. The van der Waals surface area contributed by atoms with Crippen molar-refractivity contribution in [1.29, 1.82) is 0 Å². The summed E-state index contributed by atoms with van der Waals surface area (Å²) in [6, 6.07) is 46.3. The fourth-order valence-corrected chi connectivity index (χ4v) is 6.14. The van der Waals surface area contributed by atoms with E-state index in [1.54, 1.807) is 12.4 Å². The minimum Gasteiger partial charge on any atom is -0.358 e. The van der Waals surface area contributed by atoms with Gasteiger partial charge in [0.05, 0.1) is 19.8 Å². The molecule has 1 radical (unpaired) electrons. The van der Waals surface area contributed by atoms with Gasteiger partial charge in [0.1, 0.15) is 0 Å². The van der Waals surface area contributed by atoms with Crippen LogP contribution in [0.2, 0.25) is 0 Å². The zero-order valence-corrected chi connectivity index (χ0v) is 30.7. The normalized spacial score (nSPS) is 10.7. The average molecular weight is 852 g/mol. The molecule has 0 spiro atoms. The molecule has 0 aliphatic rings. The third kappa shape index (κ3) is 7.01. The van der Waals surface area contributed by atoms with Crippen LogP contribution in [-0.4, -0.2) is 24.4 Å². The van der Waals surface area contributed by atoms with E-state index in [9.17, 15) is 0 Å². The maximum absolute atomic E-state index is 4.08. The number of hydrogen-bond acceptors (Lipinski definition) is 3. The quantitative estimate of drug-likeness (QED) is 0.110. The van der Waals surface area contributed by atoms with Gasteiger partial charge in [-0.2, -0.15) is 0 Å². The average Bonchev–Trinajstić information content (AvgIpc) is 3.99. The van der Waals surface area contributed by atoms with Crippen LogP contribution in [0, 0.1) is 24.8 Å². The minimum atomic E-state index is 0. The molecule has 8 nitrogen and oxygen atoms in total. The van der Waals surface area contributed by atoms with Gasteiger partial charge in [-0.3, -0.25) is 10.2 Å². The Bertz CT molecular complexity index is 2580. The SMILES string of the molecule is C[n+]1[c-]n(-c2[c-]c3ccccc3c3ccccc23)cc1.C[n+]1[c-]n(-c2[c-]c3ccccc3c3ccccc23)cc1.[Ir].c1ccc(-c2cnn[n-]2)nc1. The molecule has 0 aliphatic heterocycles. The number of pyridine rings is 1. The number of imidazole rings is 2. The molecule has 9 heteroatoms. The third-order valence-corrected chi connectivity index (χ3v) is 8.51. The first-order valence-corrected chi connectivity index (χ1v) is 16.4. The van der Waals surface area contributed by atoms with Gasteiger partial charge in [-0.05, 0) is 29.2 Å². The topological polar surface area (TPSA) is 70.4 Å². The van der Waals surface area contributed by atoms with E-state index in [4.69, 9.17) is 0 Å². The van der Waals surface area contributed by atoms with Crippen LogP contribution in [-0.2, 0) is 34.2 Å². The molecule has 10 aromatic rings. The van der Waals surface area contributed by atoms with E-state index in [1.807, 2.05) is 75.4 Å². The summed E-state index contributed by atoms with van der Waals surface area (Å²) in [5, 5.41) is 20.4. The molecule has 255 valence electrons. The summed E-state index contributed by atoms with van der Waals surface area (Å²) in [4.78, 5) is 4.08. The zero-order chi connectivity index (χ0) is 34.6. The second-order valence-corrected chi connectivity index (χ2v) is 11.9. The Morgan fingerprint density at radius 2 is 1.02 bits per heavy atom. The second-order valence-electron chi connectivity index (χ2n) is 11.9. The number of rotatable bonds is 3. The monoisotopic (exact) mass is 852 g/mol. The van der Waals surface area contributed by atoms with E-state index >= 15 is 0 Å². The van der Waals surface area contributed by atoms with Crippen molar-refractivity contribution in [3.05, 3.63) is 177 Å². The van der Waals surface area contributed by atoms with Crippen LogP contribution in [0.5, 0.6) is 0 Å². The van der Waals surface area contributed by atoms with E-state index in [-0.39, 0.29) is 20.1 Å².